The van der Waals surface area contributed by atoms with Crippen molar-refractivity contribution in [1.29, 1.82) is 0 Å². The van der Waals surface area contributed by atoms with Crippen LogP contribution in [0.3, 0.4) is 0 Å². The van der Waals surface area contributed by atoms with Gasteiger partial charge in [-0.25, -0.2) is 0 Å². The van der Waals surface area contributed by atoms with Crippen LogP contribution in [0.5, 0.6) is 5.75 Å². The Balaban J connectivity index is 0.00000481. The molecule has 0 aliphatic rings. The fourth-order valence-electron chi connectivity index (χ4n) is 4.02. The van der Waals surface area contributed by atoms with Gasteiger partial charge in [-0.2, -0.15) is 0 Å². The topological polar surface area (TPSA) is 85.9 Å². The molecule has 198 valence electrons. The molecule has 0 aliphatic carbocycles. The first-order valence-corrected chi connectivity index (χ1v) is 11.9. The summed E-state index contributed by atoms with van der Waals surface area (Å²) in [6, 6.07) is 23.0. The monoisotopic (exact) mass is 506 g/mol. The lowest BCUT2D eigenvalue weighted by Crippen LogP contribution is -2.37. The van der Waals surface area contributed by atoms with E-state index in [2.05, 4.69) is 16.7 Å². The molecule has 3 rings (SSSR count). The quantitative estimate of drug-likeness (QED) is 0.357. The maximum atomic E-state index is 12.3. The Morgan fingerprint density at radius 1 is 0.730 bits per heavy atom. The van der Waals surface area contributed by atoms with Crippen LogP contribution in [-0.2, 0) is 38.5 Å². The molecule has 2 atom stereocenters. The molecule has 0 amide bonds. The summed E-state index contributed by atoms with van der Waals surface area (Å²) in [5.41, 5.74) is 4.94. The Labute approximate surface area is 220 Å². The molecule has 0 unspecified atom stereocenters. The highest BCUT2D eigenvalue weighted by Gasteiger charge is 2.21. The molecule has 0 saturated heterocycles. The number of benzene rings is 3. The summed E-state index contributed by atoms with van der Waals surface area (Å²) in [6.07, 6.45) is 0.914. The number of methoxy groups -OCH3 is 2. The van der Waals surface area contributed by atoms with Crippen LogP contribution in [0, 0.1) is 0 Å². The molecule has 0 heterocycles. The van der Waals surface area contributed by atoms with Gasteiger partial charge in [0, 0.05) is 6.42 Å². The van der Waals surface area contributed by atoms with Gasteiger partial charge in [0.1, 0.15) is 24.4 Å². The smallest absolute Gasteiger partial charge is 0.323 e. The summed E-state index contributed by atoms with van der Waals surface area (Å²) < 4.78 is 16.0. The molecule has 3 aromatic rings. The molecular weight excluding hydrogens is 468 g/mol. The molecule has 3 aromatic carbocycles. The van der Waals surface area contributed by atoms with Crippen LogP contribution in [-0.4, -0.2) is 52.3 Å². The normalized spacial score (nSPS) is 12.1. The Kier molecular flexibility index (Phi) is 11.8. The van der Waals surface area contributed by atoms with Crippen molar-refractivity contribution in [3.8, 4) is 16.9 Å². The average Bonchev–Trinajstić information content (AvgIpc) is 2.93. The van der Waals surface area contributed by atoms with E-state index in [-0.39, 0.29) is 19.4 Å². The minimum Gasteiger partial charge on any atom is -0.489 e. The first-order valence-electron chi connectivity index (χ1n) is 11.9. The third-order valence-electron chi connectivity index (χ3n) is 6.09. The maximum Gasteiger partial charge on any atom is 0.323 e. The van der Waals surface area contributed by atoms with Crippen molar-refractivity contribution in [2.24, 2.45) is 0 Å². The summed E-state index contributed by atoms with van der Waals surface area (Å²) in [5, 5.41) is 6.04. The zero-order valence-electron chi connectivity index (χ0n) is 21.2. The number of hydrogen-bond acceptors (Lipinski definition) is 7. The summed E-state index contributed by atoms with van der Waals surface area (Å²) in [5.74, 6) is 0.0784. The van der Waals surface area contributed by atoms with Crippen LogP contribution in [0.1, 0.15) is 24.1 Å². The standard InChI is InChI=1S/C29H34N2O5.CH4/c1-30-25(28(32)34-3)16-21-11-8-12-22(15-21)23-13-14-27(36-19-20-9-6-5-7-10-20)24(17-23)18-26(31-2)29(33)35-4;/h5-15,17,25-26,30-31H,16,18-19H2,1-4H3;1H4/t25-,26-;/m0./s1. The molecule has 7 nitrogen and oxygen atoms in total. The number of ether oxygens (including phenoxy) is 3. The van der Waals surface area contributed by atoms with E-state index in [1.54, 1.807) is 14.1 Å². The van der Waals surface area contributed by atoms with E-state index in [1.165, 1.54) is 14.2 Å². The highest BCUT2D eigenvalue weighted by molar-refractivity contribution is 5.77. The molecule has 7 heteroatoms. The Morgan fingerprint density at radius 3 is 1.95 bits per heavy atom. The van der Waals surface area contributed by atoms with Gasteiger partial charge < -0.3 is 24.8 Å². The largest absolute Gasteiger partial charge is 0.489 e. The van der Waals surface area contributed by atoms with Gasteiger partial charge in [-0.15, -0.1) is 0 Å². The first kappa shape index (κ1) is 29.5. The lowest BCUT2D eigenvalue weighted by Gasteiger charge is -2.18. The lowest BCUT2D eigenvalue weighted by molar-refractivity contribution is -0.143. The summed E-state index contributed by atoms with van der Waals surface area (Å²) in [4.78, 5) is 24.3. The van der Waals surface area contributed by atoms with Crippen molar-refractivity contribution in [3.63, 3.8) is 0 Å². The van der Waals surface area contributed by atoms with E-state index in [0.717, 1.165) is 27.8 Å². The number of carbonyl (C=O) groups is 2. The third kappa shape index (κ3) is 8.17. The number of likely N-dealkylation sites (N-methyl/N-ethyl adjacent to an activating group) is 2. The predicted octanol–water partition coefficient (Wildman–Crippen LogP) is 4.18. The molecule has 0 radical (unpaired) electrons. The van der Waals surface area contributed by atoms with Gasteiger partial charge in [0.15, 0.2) is 0 Å². The fraction of sp³-hybridized carbons (Fsp3) is 0.333. The second kappa shape index (κ2) is 14.8. The van der Waals surface area contributed by atoms with Crippen molar-refractivity contribution in [2.45, 2.75) is 39.0 Å². The summed E-state index contributed by atoms with van der Waals surface area (Å²) >= 11 is 0. The zero-order valence-corrected chi connectivity index (χ0v) is 21.2. The minimum atomic E-state index is -0.507. The van der Waals surface area contributed by atoms with Gasteiger partial charge in [0.05, 0.1) is 14.2 Å². The first-order chi connectivity index (χ1) is 17.5. The Hall–Kier alpha value is -3.68. The lowest BCUT2D eigenvalue weighted by atomic mass is 9.96. The Bertz CT molecular complexity index is 1150. The van der Waals surface area contributed by atoms with Gasteiger partial charge in [-0.3, -0.25) is 9.59 Å². The molecule has 0 aliphatic heterocycles. The van der Waals surface area contributed by atoms with E-state index in [9.17, 15) is 9.59 Å². The van der Waals surface area contributed by atoms with E-state index in [0.29, 0.717) is 25.2 Å². The SMILES string of the molecule is C.CN[C@@H](Cc1cccc(-c2ccc(OCc3ccccc3)c(C[C@H](NC)C(=O)OC)c2)c1)C(=O)OC. The van der Waals surface area contributed by atoms with Crippen molar-refractivity contribution < 1.29 is 23.8 Å². The van der Waals surface area contributed by atoms with Crippen LogP contribution >= 0.6 is 0 Å². The Morgan fingerprint density at radius 2 is 1.32 bits per heavy atom. The van der Waals surface area contributed by atoms with Crippen LogP contribution in [0.25, 0.3) is 11.1 Å². The molecular formula is C30H38N2O5. The second-order valence-electron chi connectivity index (χ2n) is 8.43. The number of carbonyl (C=O) groups excluding carboxylic acids is 2. The number of esters is 2. The van der Waals surface area contributed by atoms with E-state index >= 15 is 0 Å². The summed E-state index contributed by atoms with van der Waals surface area (Å²) in [7, 11) is 6.25. The second-order valence-corrected chi connectivity index (χ2v) is 8.43. The van der Waals surface area contributed by atoms with Gasteiger partial charge in [0.25, 0.3) is 0 Å². The fourth-order valence-corrected chi connectivity index (χ4v) is 4.02. The van der Waals surface area contributed by atoms with Gasteiger partial charge >= 0.3 is 11.9 Å². The zero-order chi connectivity index (χ0) is 25.9. The van der Waals surface area contributed by atoms with Crippen molar-refractivity contribution in [3.05, 3.63) is 89.5 Å². The van der Waals surface area contributed by atoms with Crippen LogP contribution < -0.4 is 15.4 Å². The van der Waals surface area contributed by atoms with Crippen molar-refractivity contribution in [2.75, 3.05) is 28.3 Å². The predicted molar refractivity (Wildman–Crippen MR) is 147 cm³/mol. The number of hydrogen-bond donors (Lipinski definition) is 2. The molecule has 2 N–H and O–H groups in total. The van der Waals surface area contributed by atoms with Crippen LogP contribution in [0.2, 0.25) is 0 Å². The van der Waals surface area contributed by atoms with Gasteiger partial charge in [-0.05, 0) is 60.5 Å². The van der Waals surface area contributed by atoms with E-state index in [1.807, 2.05) is 66.7 Å². The van der Waals surface area contributed by atoms with Crippen LogP contribution in [0.15, 0.2) is 72.8 Å². The highest BCUT2D eigenvalue weighted by Crippen LogP contribution is 2.29. The third-order valence-corrected chi connectivity index (χ3v) is 6.09. The van der Waals surface area contributed by atoms with Gasteiger partial charge in [-0.1, -0.05) is 68.1 Å². The van der Waals surface area contributed by atoms with Crippen LogP contribution in [0.4, 0.5) is 0 Å². The highest BCUT2D eigenvalue weighted by atomic mass is 16.5. The summed E-state index contributed by atoms with van der Waals surface area (Å²) in [6.45, 7) is 0.421. The number of nitrogens with one attached hydrogen (secondary N) is 2. The van der Waals surface area contributed by atoms with E-state index in [4.69, 9.17) is 14.2 Å². The van der Waals surface area contributed by atoms with Crippen molar-refractivity contribution >= 4 is 11.9 Å². The number of rotatable bonds is 12. The van der Waals surface area contributed by atoms with E-state index < -0.39 is 12.1 Å². The van der Waals surface area contributed by atoms with Crippen molar-refractivity contribution in [1.82, 2.24) is 10.6 Å². The minimum absolute atomic E-state index is 0. The molecule has 37 heavy (non-hydrogen) atoms. The average molecular weight is 507 g/mol. The molecule has 0 spiro atoms. The maximum absolute atomic E-state index is 12.3. The molecule has 0 fully saturated rings. The molecule has 0 aromatic heterocycles. The molecule has 0 saturated carbocycles. The molecule has 0 bridgehead atoms. The van der Waals surface area contributed by atoms with Gasteiger partial charge in [0.2, 0.25) is 0 Å².